The van der Waals surface area contributed by atoms with Gasteiger partial charge in [0.05, 0.1) is 3.42 Å². The van der Waals surface area contributed by atoms with Crippen molar-refractivity contribution in [1.29, 1.82) is 0 Å². The Kier molecular flexibility index (Phi) is 2.31. The van der Waals surface area contributed by atoms with E-state index in [2.05, 4.69) is 27.6 Å². The van der Waals surface area contributed by atoms with Crippen LogP contribution in [0, 0.1) is 0 Å². The van der Waals surface area contributed by atoms with Gasteiger partial charge in [-0.25, -0.2) is 4.79 Å². The van der Waals surface area contributed by atoms with E-state index < -0.39 is 15.4 Å². The molecular formula is C7H8INO2. The van der Waals surface area contributed by atoms with E-state index in [9.17, 15) is 4.79 Å². The van der Waals surface area contributed by atoms with E-state index in [1.165, 1.54) is 6.21 Å². The van der Waals surface area contributed by atoms with Gasteiger partial charge in [-0.15, -0.1) is 0 Å². The smallest absolute Gasteiger partial charge is 0.330 e. The van der Waals surface area contributed by atoms with Crippen LogP contribution in [0.2, 0.25) is 0 Å². The molecule has 1 heterocycles. The maximum atomic E-state index is 10.6. The Bertz CT molecular complexity index is 233. The van der Waals surface area contributed by atoms with Crippen molar-refractivity contribution in [2.45, 2.75) is 16.4 Å². The van der Waals surface area contributed by atoms with Gasteiger partial charge in [0.1, 0.15) is 0 Å². The second kappa shape index (κ2) is 2.92. The summed E-state index contributed by atoms with van der Waals surface area (Å²) in [4.78, 5) is 14.5. The first-order valence-electron chi connectivity index (χ1n) is 3.17. The second-order valence-corrected chi connectivity index (χ2v) is 4.87. The Labute approximate surface area is 78.3 Å². The summed E-state index contributed by atoms with van der Waals surface area (Å²) >= 11 is 2.09. The fourth-order valence-corrected chi connectivity index (χ4v) is 1.54. The Morgan fingerprint density at radius 3 is 2.82 bits per heavy atom. The molecule has 0 saturated carbocycles. The fourth-order valence-electron chi connectivity index (χ4n) is 0.909. The van der Waals surface area contributed by atoms with Gasteiger partial charge in [-0.1, -0.05) is 28.7 Å². The number of carboxylic acids is 1. The van der Waals surface area contributed by atoms with E-state index in [0.717, 1.165) is 0 Å². The molecule has 0 spiro atoms. The number of alkyl halides is 1. The van der Waals surface area contributed by atoms with Gasteiger partial charge in [0.15, 0.2) is 6.04 Å². The van der Waals surface area contributed by atoms with Crippen LogP contribution >= 0.6 is 22.6 Å². The molecule has 1 N–H and O–H groups in total. The van der Waals surface area contributed by atoms with Crippen molar-refractivity contribution in [3.8, 4) is 0 Å². The minimum Gasteiger partial charge on any atom is -0.480 e. The minimum atomic E-state index is -0.873. The highest BCUT2D eigenvalue weighted by Gasteiger charge is 2.35. The predicted molar refractivity (Wildman–Crippen MR) is 51.5 cm³/mol. The molecule has 0 bridgehead atoms. The van der Waals surface area contributed by atoms with E-state index in [4.69, 9.17) is 5.11 Å². The number of nitrogens with zero attached hydrogens (tertiary/aromatic N) is 1. The van der Waals surface area contributed by atoms with Gasteiger partial charge in [0.2, 0.25) is 0 Å². The maximum absolute atomic E-state index is 10.6. The highest BCUT2D eigenvalue weighted by molar-refractivity contribution is 14.1. The second-order valence-electron chi connectivity index (χ2n) is 2.55. The average molecular weight is 265 g/mol. The lowest BCUT2D eigenvalue weighted by molar-refractivity contribution is -0.138. The molecule has 0 fully saturated rings. The molecule has 4 heteroatoms. The van der Waals surface area contributed by atoms with Crippen LogP contribution in [0.5, 0.6) is 0 Å². The standard InChI is InChI=1S/C7H8INO2/c1-7(8)3-2-4-9-5(7)6(10)11/h2-5H,1H3,(H,10,11). The number of rotatable bonds is 1. The normalized spacial score (nSPS) is 35.6. The van der Waals surface area contributed by atoms with Gasteiger partial charge >= 0.3 is 5.97 Å². The number of hydrogen-bond donors (Lipinski definition) is 1. The zero-order valence-electron chi connectivity index (χ0n) is 5.99. The number of halogens is 1. The van der Waals surface area contributed by atoms with Crippen LogP contribution in [0.25, 0.3) is 0 Å². The maximum Gasteiger partial charge on any atom is 0.330 e. The molecule has 0 aromatic heterocycles. The molecule has 1 rings (SSSR count). The summed E-state index contributed by atoms with van der Waals surface area (Å²) in [5.74, 6) is -0.873. The van der Waals surface area contributed by atoms with Crippen molar-refractivity contribution < 1.29 is 9.90 Å². The highest BCUT2D eigenvalue weighted by Crippen LogP contribution is 2.28. The van der Waals surface area contributed by atoms with Crippen molar-refractivity contribution in [2.75, 3.05) is 0 Å². The zero-order chi connectivity index (χ0) is 8.48. The summed E-state index contributed by atoms with van der Waals surface area (Å²) in [5.41, 5.74) is 0. The van der Waals surface area contributed by atoms with Crippen molar-refractivity contribution in [1.82, 2.24) is 0 Å². The van der Waals surface area contributed by atoms with Gasteiger partial charge in [-0.2, -0.15) is 0 Å². The monoisotopic (exact) mass is 265 g/mol. The predicted octanol–water partition coefficient (Wildman–Crippen LogP) is 1.27. The molecule has 11 heavy (non-hydrogen) atoms. The molecule has 1 aliphatic heterocycles. The van der Waals surface area contributed by atoms with Crippen LogP contribution in [0.4, 0.5) is 0 Å². The SMILES string of the molecule is CC1(I)C=CC=NC1C(=O)O. The third-order valence-electron chi connectivity index (χ3n) is 1.51. The summed E-state index contributed by atoms with van der Waals surface area (Å²) in [6.45, 7) is 1.85. The Balaban J connectivity index is 2.89. The lowest BCUT2D eigenvalue weighted by Crippen LogP contribution is -2.38. The summed E-state index contributed by atoms with van der Waals surface area (Å²) in [5, 5.41) is 8.72. The fraction of sp³-hybridized carbons (Fsp3) is 0.429. The lowest BCUT2D eigenvalue weighted by atomic mass is 10.0. The molecule has 2 atom stereocenters. The van der Waals surface area contributed by atoms with Gasteiger partial charge in [0.25, 0.3) is 0 Å². The number of dihydropyridines is 1. The first kappa shape index (κ1) is 8.70. The van der Waals surface area contributed by atoms with Crippen LogP contribution in [0.1, 0.15) is 6.92 Å². The molecule has 0 aliphatic carbocycles. The van der Waals surface area contributed by atoms with Crippen LogP contribution in [0.3, 0.4) is 0 Å². The van der Waals surface area contributed by atoms with Crippen molar-refractivity contribution in [2.24, 2.45) is 4.99 Å². The molecule has 60 valence electrons. The van der Waals surface area contributed by atoms with Gasteiger partial charge < -0.3 is 5.11 Å². The zero-order valence-corrected chi connectivity index (χ0v) is 8.15. The average Bonchev–Trinajstić information content (AvgIpc) is 1.85. The van der Waals surface area contributed by atoms with Gasteiger partial charge in [-0.05, 0) is 13.0 Å². The molecule has 1 aliphatic rings. The summed E-state index contributed by atoms with van der Waals surface area (Å²) in [6, 6.07) is -0.645. The third-order valence-corrected chi connectivity index (χ3v) is 2.46. The Morgan fingerprint density at radius 1 is 1.82 bits per heavy atom. The summed E-state index contributed by atoms with van der Waals surface area (Å²) in [7, 11) is 0. The Morgan fingerprint density at radius 2 is 2.45 bits per heavy atom. The first-order chi connectivity index (χ1) is 5.04. The molecule has 0 aromatic carbocycles. The van der Waals surface area contributed by atoms with Crippen LogP contribution in [-0.4, -0.2) is 26.8 Å². The molecular weight excluding hydrogens is 257 g/mol. The number of carboxylic acid groups (broad SMARTS) is 1. The van der Waals surface area contributed by atoms with E-state index >= 15 is 0 Å². The topological polar surface area (TPSA) is 49.7 Å². The van der Waals surface area contributed by atoms with E-state index in [1.54, 1.807) is 6.08 Å². The van der Waals surface area contributed by atoms with Crippen molar-refractivity contribution in [3.63, 3.8) is 0 Å². The van der Waals surface area contributed by atoms with E-state index in [1.807, 2.05) is 13.0 Å². The molecule has 0 aromatic rings. The van der Waals surface area contributed by atoms with Crippen LogP contribution in [-0.2, 0) is 4.79 Å². The quantitative estimate of drug-likeness (QED) is 0.573. The van der Waals surface area contributed by atoms with Gasteiger partial charge in [-0.3, -0.25) is 4.99 Å². The molecule has 0 radical (unpaired) electrons. The molecule has 3 nitrogen and oxygen atoms in total. The number of aliphatic carboxylic acids is 1. The van der Waals surface area contributed by atoms with E-state index in [-0.39, 0.29) is 0 Å². The van der Waals surface area contributed by atoms with Crippen molar-refractivity contribution in [3.05, 3.63) is 12.2 Å². The number of carbonyl (C=O) groups is 1. The Hall–Kier alpha value is -0.390. The third kappa shape index (κ3) is 1.79. The number of allylic oxidation sites excluding steroid dienone is 1. The summed E-state index contributed by atoms with van der Waals surface area (Å²) in [6.07, 6.45) is 5.14. The minimum absolute atomic E-state index is 0.391. The molecule has 0 saturated heterocycles. The summed E-state index contributed by atoms with van der Waals surface area (Å²) < 4.78 is -0.391. The molecule has 2 unspecified atom stereocenters. The van der Waals surface area contributed by atoms with Gasteiger partial charge in [0, 0.05) is 6.21 Å². The number of hydrogen-bond acceptors (Lipinski definition) is 2. The number of aliphatic imine (C=N–C) groups is 1. The largest absolute Gasteiger partial charge is 0.480 e. The van der Waals surface area contributed by atoms with Crippen LogP contribution in [0.15, 0.2) is 17.1 Å². The highest BCUT2D eigenvalue weighted by atomic mass is 127. The van der Waals surface area contributed by atoms with E-state index in [0.29, 0.717) is 0 Å². The first-order valence-corrected chi connectivity index (χ1v) is 4.24. The van der Waals surface area contributed by atoms with Crippen molar-refractivity contribution >= 4 is 34.8 Å². The lowest BCUT2D eigenvalue weighted by Gasteiger charge is -2.24. The van der Waals surface area contributed by atoms with Crippen LogP contribution < -0.4 is 0 Å². The molecule has 0 amide bonds.